The lowest BCUT2D eigenvalue weighted by molar-refractivity contribution is -0.0356. The van der Waals surface area contributed by atoms with Crippen LogP contribution in [0.4, 0.5) is 8.78 Å². The van der Waals surface area contributed by atoms with Gasteiger partial charge in [-0.3, -0.25) is 8.37 Å². The van der Waals surface area contributed by atoms with Crippen LogP contribution in [0.3, 0.4) is 0 Å². The lowest BCUT2D eigenvalue weighted by Crippen LogP contribution is -2.36. The first-order valence-corrected chi connectivity index (χ1v) is 10.8. The van der Waals surface area contributed by atoms with Crippen molar-refractivity contribution in [1.29, 1.82) is 0 Å². The molecule has 2 aliphatic heterocycles. The number of hydrogen-bond donors (Lipinski definition) is 0. The highest BCUT2D eigenvalue weighted by molar-refractivity contribution is 7.86. The monoisotopic (exact) mass is 396 g/mol. The number of halogens is 2. The highest BCUT2D eigenvalue weighted by Gasteiger charge is 2.30. The van der Waals surface area contributed by atoms with Gasteiger partial charge in [0.1, 0.15) is 12.2 Å². The fraction of sp³-hybridized carbons (Fsp3) is 1.00. The second kappa shape index (κ2) is 9.34. The molecule has 8 nitrogen and oxygen atoms in total. The van der Waals surface area contributed by atoms with E-state index in [1.165, 1.54) is 0 Å². The molecule has 0 N–H and O–H groups in total. The molecule has 0 radical (unpaired) electrons. The molecule has 12 heteroatoms. The van der Waals surface area contributed by atoms with Crippen LogP contribution in [0.15, 0.2) is 0 Å². The summed E-state index contributed by atoms with van der Waals surface area (Å²) in [5, 5.41) is 0. The van der Waals surface area contributed by atoms with Gasteiger partial charge in [-0.15, -0.1) is 0 Å². The standard InChI is InChI=1S/2C6H11FO4S/c2*1-12(8,9)11-6-2-3-10-4-5(6)7/h2*5-6H,2-4H2,1H3/t2*5-,6+/m10/s1. The van der Waals surface area contributed by atoms with Crippen LogP contribution in [0.1, 0.15) is 12.8 Å². The maximum absolute atomic E-state index is 12.9. The minimum absolute atomic E-state index is 0.0831. The second-order valence-corrected chi connectivity index (χ2v) is 8.64. The molecule has 2 saturated heterocycles. The lowest BCUT2D eigenvalue weighted by Gasteiger charge is -2.24. The summed E-state index contributed by atoms with van der Waals surface area (Å²) >= 11 is 0. The third-order valence-corrected chi connectivity index (χ3v) is 4.24. The summed E-state index contributed by atoms with van der Waals surface area (Å²) in [6, 6.07) is 0. The molecule has 0 aromatic heterocycles. The summed E-state index contributed by atoms with van der Waals surface area (Å²) in [5.74, 6) is 0. The van der Waals surface area contributed by atoms with Gasteiger partial charge in [0.05, 0.1) is 25.7 Å². The van der Waals surface area contributed by atoms with Crippen molar-refractivity contribution in [2.24, 2.45) is 0 Å². The Labute approximate surface area is 140 Å². The Morgan fingerprint density at radius 2 is 1.12 bits per heavy atom. The summed E-state index contributed by atoms with van der Waals surface area (Å²) in [6.07, 6.45) is -2.02. The first-order valence-electron chi connectivity index (χ1n) is 7.18. The van der Waals surface area contributed by atoms with Crippen molar-refractivity contribution in [3.05, 3.63) is 0 Å². The van der Waals surface area contributed by atoms with Crippen molar-refractivity contribution in [1.82, 2.24) is 0 Å². The molecule has 0 saturated carbocycles. The average molecular weight is 396 g/mol. The maximum atomic E-state index is 12.9. The Hall–Kier alpha value is -0.400. The van der Waals surface area contributed by atoms with Gasteiger partial charge in [0.25, 0.3) is 20.2 Å². The van der Waals surface area contributed by atoms with Gasteiger partial charge in [0, 0.05) is 26.1 Å². The van der Waals surface area contributed by atoms with Gasteiger partial charge in [-0.05, 0) is 0 Å². The van der Waals surface area contributed by atoms with Crippen LogP contribution in [0, 0.1) is 0 Å². The summed E-state index contributed by atoms with van der Waals surface area (Å²) in [4.78, 5) is 0. The molecule has 0 spiro atoms. The molecule has 0 bridgehead atoms. The van der Waals surface area contributed by atoms with E-state index in [0.29, 0.717) is 13.2 Å². The summed E-state index contributed by atoms with van der Waals surface area (Å²) in [5.41, 5.74) is 0. The molecule has 2 fully saturated rings. The van der Waals surface area contributed by atoms with E-state index in [2.05, 4.69) is 8.37 Å². The molecule has 144 valence electrons. The Morgan fingerprint density at radius 3 is 1.38 bits per heavy atom. The number of rotatable bonds is 4. The van der Waals surface area contributed by atoms with E-state index in [-0.39, 0.29) is 26.1 Å². The summed E-state index contributed by atoms with van der Waals surface area (Å²) in [7, 11) is -7.10. The zero-order valence-corrected chi connectivity index (χ0v) is 15.0. The van der Waals surface area contributed by atoms with Crippen molar-refractivity contribution in [3.63, 3.8) is 0 Å². The van der Waals surface area contributed by atoms with Crippen LogP contribution in [0.25, 0.3) is 0 Å². The molecule has 0 aromatic carbocycles. The van der Waals surface area contributed by atoms with Crippen LogP contribution in [-0.2, 0) is 38.1 Å². The highest BCUT2D eigenvalue weighted by Crippen LogP contribution is 2.17. The lowest BCUT2D eigenvalue weighted by atomic mass is 10.1. The van der Waals surface area contributed by atoms with E-state index in [9.17, 15) is 25.6 Å². The van der Waals surface area contributed by atoms with E-state index in [1.54, 1.807) is 0 Å². The van der Waals surface area contributed by atoms with Crippen LogP contribution in [0.5, 0.6) is 0 Å². The van der Waals surface area contributed by atoms with Crippen molar-refractivity contribution < 1.29 is 43.5 Å². The van der Waals surface area contributed by atoms with Gasteiger partial charge in [0.15, 0.2) is 12.3 Å². The smallest absolute Gasteiger partial charge is 0.264 e. The Balaban J connectivity index is 0.000000240. The van der Waals surface area contributed by atoms with Crippen molar-refractivity contribution in [3.8, 4) is 0 Å². The zero-order chi connectivity index (χ0) is 18.4. The van der Waals surface area contributed by atoms with E-state index >= 15 is 0 Å². The summed E-state index contributed by atoms with van der Waals surface area (Å²) < 4.78 is 86.8. The molecule has 2 aliphatic rings. The van der Waals surface area contributed by atoms with Crippen molar-refractivity contribution in [2.75, 3.05) is 38.9 Å². The van der Waals surface area contributed by atoms with E-state index < -0.39 is 44.8 Å². The molecule has 4 atom stereocenters. The Morgan fingerprint density at radius 1 is 0.792 bits per heavy atom. The third-order valence-electron chi connectivity index (χ3n) is 3.05. The fourth-order valence-electron chi connectivity index (χ4n) is 2.03. The van der Waals surface area contributed by atoms with E-state index in [4.69, 9.17) is 9.47 Å². The molecule has 0 unspecified atom stereocenters. The number of ether oxygens (including phenoxy) is 2. The average Bonchev–Trinajstić information content (AvgIpc) is 2.42. The second-order valence-electron chi connectivity index (χ2n) is 5.44. The normalized spacial score (nSPS) is 31.8. The molecule has 0 aliphatic carbocycles. The minimum atomic E-state index is -3.55. The van der Waals surface area contributed by atoms with Gasteiger partial charge < -0.3 is 9.47 Å². The van der Waals surface area contributed by atoms with Crippen LogP contribution < -0.4 is 0 Å². The SMILES string of the molecule is CS(=O)(=O)O[C@@H]1CCOC[C@@H]1F.CS(=O)(=O)O[C@H]1CCOC[C@H]1F. The van der Waals surface area contributed by atoms with Gasteiger partial charge in [-0.25, -0.2) is 8.78 Å². The Bertz CT molecular complexity index is 528. The first-order chi connectivity index (χ1) is 11.0. The van der Waals surface area contributed by atoms with Gasteiger partial charge in [-0.2, -0.15) is 16.8 Å². The van der Waals surface area contributed by atoms with Crippen LogP contribution in [0.2, 0.25) is 0 Å². The molecular weight excluding hydrogens is 374 g/mol. The van der Waals surface area contributed by atoms with Crippen LogP contribution >= 0.6 is 0 Å². The first kappa shape index (κ1) is 21.6. The van der Waals surface area contributed by atoms with Gasteiger partial charge in [-0.1, -0.05) is 0 Å². The maximum Gasteiger partial charge on any atom is 0.264 e. The van der Waals surface area contributed by atoms with Gasteiger partial charge >= 0.3 is 0 Å². The third kappa shape index (κ3) is 9.18. The predicted molar refractivity (Wildman–Crippen MR) is 80.1 cm³/mol. The van der Waals surface area contributed by atoms with E-state index in [0.717, 1.165) is 12.5 Å². The minimum Gasteiger partial charge on any atom is -0.378 e. The van der Waals surface area contributed by atoms with Crippen molar-refractivity contribution >= 4 is 20.2 Å². The molecule has 2 rings (SSSR count). The van der Waals surface area contributed by atoms with Gasteiger partial charge in [0.2, 0.25) is 0 Å². The number of hydrogen-bond acceptors (Lipinski definition) is 8. The number of alkyl halides is 2. The molecule has 24 heavy (non-hydrogen) atoms. The quantitative estimate of drug-likeness (QED) is 0.620. The molecule has 0 aromatic rings. The summed E-state index contributed by atoms with van der Waals surface area (Å²) in [6.45, 7) is 0.529. The zero-order valence-electron chi connectivity index (χ0n) is 13.4. The molecular formula is C12H22F2O8S2. The Kier molecular flexibility index (Phi) is 8.42. The molecule has 2 heterocycles. The topological polar surface area (TPSA) is 105 Å². The largest absolute Gasteiger partial charge is 0.378 e. The van der Waals surface area contributed by atoms with Crippen LogP contribution in [-0.4, -0.2) is 80.3 Å². The molecule has 0 amide bonds. The van der Waals surface area contributed by atoms with E-state index in [1.807, 2.05) is 0 Å². The highest BCUT2D eigenvalue weighted by atomic mass is 32.2. The fourth-order valence-corrected chi connectivity index (χ4v) is 3.36. The predicted octanol–water partition coefficient (Wildman–Crippen LogP) is 0.179. The van der Waals surface area contributed by atoms with Crippen molar-refractivity contribution in [2.45, 2.75) is 37.4 Å².